The molecule has 0 spiro atoms. The van der Waals surface area contributed by atoms with Crippen LogP contribution in [0.4, 0.5) is 0 Å². The first-order chi connectivity index (χ1) is 14.1. The molecular weight excluding hydrogens is 382 g/mol. The van der Waals surface area contributed by atoms with Crippen molar-refractivity contribution in [2.24, 2.45) is 0 Å². The van der Waals surface area contributed by atoms with Gasteiger partial charge in [-0.3, -0.25) is 14.4 Å². The molecule has 1 aliphatic heterocycles. The fourth-order valence-corrected chi connectivity index (χ4v) is 4.45. The number of carbonyl (C=O) groups is 1. The van der Waals surface area contributed by atoms with Crippen LogP contribution in [-0.4, -0.2) is 56.7 Å². The maximum absolute atomic E-state index is 13.2. The summed E-state index contributed by atoms with van der Waals surface area (Å²) in [4.78, 5) is 22.0. The van der Waals surface area contributed by atoms with Gasteiger partial charge < -0.3 is 4.90 Å². The third-order valence-electron chi connectivity index (χ3n) is 5.40. The summed E-state index contributed by atoms with van der Waals surface area (Å²) in [6.07, 6.45) is 2.53. The molecule has 1 aliphatic rings. The molecule has 0 aliphatic carbocycles. The third kappa shape index (κ3) is 4.57. The summed E-state index contributed by atoms with van der Waals surface area (Å²) in [5.41, 5.74) is 4.07. The van der Waals surface area contributed by atoms with Crippen LogP contribution in [0.15, 0.2) is 41.9 Å². The van der Waals surface area contributed by atoms with Crippen LogP contribution in [0.1, 0.15) is 39.2 Å². The van der Waals surface area contributed by atoms with E-state index < -0.39 is 0 Å². The Morgan fingerprint density at radius 2 is 1.86 bits per heavy atom. The highest BCUT2D eigenvalue weighted by molar-refractivity contribution is 7.09. The van der Waals surface area contributed by atoms with Crippen molar-refractivity contribution in [1.29, 1.82) is 0 Å². The number of benzene rings is 1. The Morgan fingerprint density at radius 1 is 1.10 bits per heavy atom. The van der Waals surface area contributed by atoms with Gasteiger partial charge >= 0.3 is 0 Å². The average molecular weight is 410 g/mol. The van der Waals surface area contributed by atoms with E-state index in [1.54, 1.807) is 17.5 Å². The van der Waals surface area contributed by atoms with Crippen molar-refractivity contribution >= 4 is 17.2 Å². The van der Waals surface area contributed by atoms with Gasteiger partial charge in [0.1, 0.15) is 0 Å². The molecule has 0 radical (unpaired) electrons. The van der Waals surface area contributed by atoms with Crippen LogP contribution < -0.4 is 0 Å². The molecule has 3 heterocycles. The van der Waals surface area contributed by atoms with E-state index in [0.717, 1.165) is 61.1 Å². The molecule has 0 bridgehead atoms. The number of aromatic nitrogens is 3. The van der Waals surface area contributed by atoms with Gasteiger partial charge in [-0.2, -0.15) is 5.10 Å². The van der Waals surface area contributed by atoms with Crippen molar-refractivity contribution in [2.45, 2.75) is 33.4 Å². The molecule has 0 unspecified atom stereocenters. The van der Waals surface area contributed by atoms with Gasteiger partial charge in [-0.25, -0.2) is 4.98 Å². The lowest BCUT2D eigenvalue weighted by Crippen LogP contribution is -2.48. The molecule has 2 aromatic heterocycles. The minimum absolute atomic E-state index is 0.102. The normalized spacial score (nSPS) is 15.0. The molecule has 6 nitrogen and oxygen atoms in total. The van der Waals surface area contributed by atoms with Crippen LogP contribution in [0.5, 0.6) is 0 Å². The molecule has 1 fully saturated rings. The molecule has 0 atom stereocenters. The summed E-state index contributed by atoms with van der Waals surface area (Å²) in [6.45, 7) is 8.92. The quantitative estimate of drug-likeness (QED) is 0.627. The Kier molecular flexibility index (Phi) is 6.06. The fourth-order valence-electron chi connectivity index (χ4n) is 3.84. The van der Waals surface area contributed by atoms with Gasteiger partial charge in [-0.15, -0.1) is 11.3 Å². The third-order valence-corrected chi connectivity index (χ3v) is 6.22. The smallest absolute Gasteiger partial charge is 0.257 e. The number of hydrogen-bond acceptors (Lipinski definition) is 5. The molecule has 7 heteroatoms. The van der Waals surface area contributed by atoms with Crippen LogP contribution >= 0.6 is 11.3 Å². The van der Waals surface area contributed by atoms with Crippen molar-refractivity contribution in [1.82, 2.24) is 24.6 Å². The van der Waals surface area contributed by atoms with E-state index in [2.05, 4.69) is 39.4 Å². The molecule has 3 aromatic rings. The van der Waals surface area contributed by atoms with E-state index in [4.69, 9.17) is 0 Å². The Labute approximate surface area is 175 Å². The molecular formula is C22H27N5OS. The van der Waals surface area contributed by atoms with Gasteiger partial charge in [0.25, 0.3) is 5.91 Å². The second kappa shape index (κ2) is 8.88. The predicted octanol–water partition coefficient (Wildman–Crippen LogP) is 3.22. The standard InChI is InChI=1S/C22H27N5OS/c1-3-21-20(13-23-27(21)14-18-7-5-4-6-8-18)22(28)26-11-9-25(10-12-26)15-19-16-29-17(2)24-19/h4-8,13,16H,3,9-12,14-15H2,1-2H3. The highest BCUT2D eigenvalue weighted by Gasteiger charge is 2.26. The zero-order valence-electron chi connectivity index (χ0n) is 17.0. The predicted molar refractivity (Wildman–Crippen MR) is 115 cm³/mol. The topological polar surface area (TPSA) is 54.3 Å². The van der Waals surface area contributed by atoms with Crippen LogP contribution in [0.25, 0.3) is 0 Å². The Morgan fingerprint density at radius 3 is 2.52 bits per heavy atom. The Bertz CT molecular complexity index is 957. The molecule has 4 rings (SSSR count). The van der Waals surface area contributed by atoms with E-state index in [-0.39, 0.29) is 5.91 Å². The number of rotatable bonds is 6. The molecule has 1 aromatic carbocycles. The van der Waals surface area contributed by atoms with E-state index in [0.29, 0.717) is 6.54 Å². The molecule has 1 saturated heterocycles. The van der Waals surface area contributed by atoms with E-state index in [9.17, 15) is 4.79 Å². The van der Waals surface area contributed by atoms with Crippen LogP contribution in [-0.2, 0) is 19.5 Å². The van der Waals surface area contributed by atoms with Crippen molar-refractivity contribution in [2.75, 3.05) is 26.2 Å². The Hall–Kier alpha value is -2.51. The van der Waals surface area contributed by atoms with Crippen molar-refractivity contribution in [3.05, 3.63) is 69.4 Å². The van der Waals surface area contributed by atoms with Crippen LogP contribution in [0, 0.1) is 6.92 Å². The van der Waals surface area contributed by atoms with Gasteiger partial charge in [0.15, 0.2) is 0 Å². The summed E-state index contributed by atoms with van der Waals surface area (Å²) >= 11 is 1.69. The first-order valence-corrected chi connectivity index (χ1v) is 11.0. The summed E-state index contributed by atoms with van der Waals surface area (Å²) in [5, 5.41) is 7.75. The fraction of sp³-hybridized carbons (Fsp3) is 0.409. The highest BCUT2D eigenvalue weighted by Crippen LogP contribution is 2.17. The molecule has 152 valence electrons. The first kappa shape index (κ1) is 19.8. The van der Waals surface area contributed by atoms with Gasteiger partial charge in [-0.1, -0.05) is 37.3 Å². The zero-order chi connectivity index (χ0) is 20.2. The minimum atomic E-state index is 0.102. The largest absolute Gasteiger partial charge is 0.336 e. The maximum Gasteiger partial charge on any atom is 0.257 e. The number of nitrogens with zero attached hydrogens (tertiary/aromatic N) is 5. The number of carbonyl (C=O) groups excluding carboxylic acids is 1. The van der Waals surface area contributed by atoms with E-state index in [1.165, 1.54) is 5.56 Å². The van der Waals surface area contributed by atoms with Crippen molar-refractivity contribution < 1.29 is 4.79 Å². The minimum Gasteiger partial charge on any atom is -0.336 e. The van der Waals surface area contributed by atoms with Gasteiger partial charge in [0.05, 0.1) is 34.7 Å². The molecule has 1 amide bonds. The number of thiazole rings is 1. The van der Waals surface area contributed by atoms with E-state index in [1.807, 2.05) is 34.7 Å². The number of aryl methyl sites for hydroxylation is 1. The summed E-state index contributed by atoms with van der Waals surface area (Å²) < 4.78 is 1.96. The average Bonchev–Trinajstić information content (AvgIpc) is 3.34. The van der Waals surface area contributed by atoms with Gasteiger partial charge in [-0.05, 0) is 18.9 Å². The molecule has 0 saturated carbocycles. The van der Waals surface area contributed by atoms with Gasteiger partial charge in [0.2, 0.25) is 0 Å². The number of piperazine rings is 1. The summed E-state index contributed by atoms with van der Waals surface area (Å²) in [5.74, 6) is 0.102. The summed E-state index contributed by atoms with van der Waals surface area (Å²) in [7, 11) is 0. The lowest BCUT2D eigenvalue weighted by Gasteiger charge is -2.34. The second-order valence-electron chi connectivity index (χ2n) is 7.43. The van der Waals surface area contributed by atoms with Crippen LogP contribution in [0.2, 0.25) is 0 Å². The lowest BCUT2D eigenvalue weighted by molar-refractivity contribution is 0.0626. The lowest BCUT2D eigenvalue weighted by atomic mass is 10.1. The SMILES string of the molecule is CCc1c(C(=O)N2CCN(Cc3csc(C)n3)CC2)cnn1Cc1ccccc1. The maximum atomic E-state index is 13.2. The van der Waals surface area contributed by atoms with Crippen molar-refractivity contribution in [3.63, 3.8) is 0 Å². The Balaban J connectivity index is 1.39. The van der Waals surface area contributed by atoms with Crippen molar-refractivity contribution in [3.8, 4) is 0 Å². The first-order valence-electron chi connectivity index (χ1n) is 10.1. The monoisotopic (exact) mass is 409 g/mol. The van der Waals surface area contributed by atoms with Gasteiger partial charge in [0, 0.05) is 38.1 Å². The number of hydrogen-bond donors (Lipinski definition) is 0. The second-order valence-corrected chi connectivity index (χ2v) is 8.49. The zero-order valence-corrected chi connectivity index (χ0v) is 17.9. The molecule has 29 heavy (non-hydrogen) atoms. The number of amides is 1. The molecule has 0 N–H and O–H groups in total. The van der Waals surface area contributed by atoms with E-state index >= 15 is 0 Å². The van der Waals surface area contributed by atoms with Crippen LogP contribution in [0.3, 0.4) is 0 Å². The summed E-state index contributed by atoms with van der Waals surface area (Å²) in [6, 6.07) is 10.3. The highest BCUT2D eigenvalue weighted by atomic mass is 32.1.